The fourth-order valence-electron chi connectivity index (χ4n) is 1.54. The standard InChI is InChI=1S/C12H11F5O2/c1-19-10(18)7-6-8-4-2-3-5-9(8)11(13,14)12(15,16)17/h2-5H,6-7H2,1H3. The minimum atomic E-state index is -5.67. The highest BCUT2D eigenvalue weighted by Gasteiger charge is 2.59. The number of rotatable bonds is 4. The number of aryl methyl sites for hydroxylation is 1. The van der Waals surface area contributed by atoms with Crippen molar-refractivity contribution >= 4 is 5.97 Å². The molecular weight excluding hydrogens is 271 g/mol. The third-order valence-electron chi connectivity index (χ3n) is 2.54. The topological polar surface area (TPSA) is 26.3 Å². The van der Waals surface area contributed by atoms with E-state index in [4.69, 9.17) is 0 Å². The van der Waals surface area contributed by atoms with E-state index in [1.165, 1.54) is 6.07 Å². The van der Waals surface area contributed by atoms with Gasteiger partial charge in [-0.1, -0.05) is 24.3 Å². The van der Waals surface area contributed by atoms with Crippen molar-refractivity contribution in [2.75, 3.05) is 7.11 Å². The number of esters is 1. The number of halogens is 5. The average Bonchev–Trinajstić information content (AvgIpc) is 2.34. The maximum atomic E-state index is 13.3. The van der Waals surface area contributed by atoms with Crippen molar-refractivity contribution in [3.05, 3.63) is 35.4 Å². The first kappa shape index (κ1) is 15.4. The Kier molecular flexibility index (Phi) is 4.49. The van der Waals surface area contributed by atoms with Crippen LogP contribution in [0.4, 0.5) is 22.0 Å². The lowest BCUT2D eigenvalue weighted by atomic mass is 9.97. The molecule has 2 nitrogen and oxygen atoms in total. The van der Waals surface area contributed by atoms with E-state index in [2.05, 4.69) is 4.74 Å². The van der Waals surface area contributed by atoms with Crippen molar-refractivity contribution in [3.8, 4) is 0 Å². The summed E-state index contributed by atoms with van der Waals surface area (Å²) in [6.07, 6.45) is -6.18. The van der Waals surface area contributed by atoms with Crippen LogP contribution in [0.5, 0.6) is 0 Å². The van der Waals surface area contributed by atoms with E-state index in [9.17, 15) is 26.7 Å². The summed E-state index contributed by atoms with van der Waals surface area (Å²) in [4.78, 5) is 10.9. The summed E-state index contributed by atoms with van der Waals surface area (Å²) >= 11 is 0. The van der Waals surface area contributed by atoms with E-state index >= 15 is 0 Å². The van der Waals surface area contributed by atoms with Crippen LogP contribution >= 0.6 is 0 Å². The van der Waals surface area contributed by atoms with Crippen LogP contribution in [0.25, 0.3) is 0 Å². The highest BCUT2D eigenvalue weighted by atomic mass is 19.4. The van der Waals surface area contributed by atoms with Crippen LogP contribution in [0.15, 0.2) is 24.3 Å². The van der Waals surface area contributed by atoms with Gasteiger partial charge in [0.05, 0.1) is 7.11 Å². The van der Waals surface area contributed by atoms with Crippen LogP contribution in [0.1, 0.15) is 17.5 Å². The summed E-state index contributed by atoms with van der Waals surface area (Å²) in [6, 6.07) is 4.28. The summed E-state index contributed by atoms with van der Waals surface area (Å²) in [6.45, 7) is 0. The molecule has 106 valence electrons. The molecule has 0 amide bonds. The Morgan fingerprint density at radius 3 is 2.26 bits per heavy atom. The number of alkyl halides is 5. The Balaban J connectivity index is 3.06. The molecule has 0 unspecified atom stereocenters. The van der Waals surface area contributed by atoms with Gasteiger partial charge in [-0.25, -0.2) is 0 Å². The van der Waals surface area contributed by atoms with Gasteiger partial charge in [0, 0.05) is 12.0 Å². The van der Waals surface area contributed by atoms with Gasteiger partial charge >= 0.3 is 18.1 Å². The second-order valence-corrected chi connectivity index (χ2v) is 3.81. The SMILES string of the molecule is COC(=O)CCc1ccccc1C(F)(F)C(F)(F)F. The number of carbonyl (C=O) groups excluding carboxylic acids is 1. The molecule has 0 heterocycles. The summed E-state index contributed by atoms with van der Waals surface area (Å²) in [5.41, 5.74) is -1.36. The van der Waals surface area contributed by atoms with Crippen LogP contribution in [0.2, 0.25) is 0 Å². The second-order valence-electron chi connectivity index (χ2n) is 3.81. The number of hydrogen-bond acceptors (Lipinski definition) is 2. The molecule has 0 aromatic heterocycles. The first-order valence-electron chi connectivity index (χ1n) is 5.30. The highest BCUT2D eigenvalue weighted by molar-refractivity contribution is 5.69. The van der Waals surface area contributed by atoms with Gasteiger partial charge in [-0.3, -0.25) is 4.79 Å². The molecule has 0 saturated carbocycles. The third-order valence-corrected chi connectivity index (χ3v) is 2.54. The van der Waals surface area contributed by atoms with E-state index in [1.54, 1.807) is 0 Å². The van der Waals surface area contributed by atoms with Crippen LogP contribution < -0.4 is 0 Å². The van der Waals surface area contributed by atoms with Crippen LogP contribution in [-0.2, 0) is 21.9 Å². The Morgan fingerprint density at radius 2 is 1.74 bits per heavy atom. The molecule has 0 aliphatic rings. The van der Waals surface area contributed by atoms with E-state index in [0.717, 1.165) is 19.2 Å². The Bertz CT molecular complexity index is 454. The molecule has 1 aromatic rings. The minimum absolute atomic E-state index is 0.227. The van der Waals surface area contributed by atoms with Crippen molar-refractivity contribution < 1.29 is 31.5 Å². The molecule has 1 rings (SSSR count). The van der Waals surface area contributed by atoms with Crippen molar-refractivity contribution in [1.29, 1.82) is 0 Å². The molecule has 19 heavy (non-hydrogen) atoms. The number of carbonyl (C=O) groups is 1. The number of hydrogen-bond donors (Lipinski definition) is 0. The summed E-state index contributed by atoms with van der Waals surface area (Å²) < 4.78 is 67.9. The van der Waals surface area contributed by atoms with Gasteiger partial charge in [0.2, 0.25) is 0 Å². The monoisotopic (exact) mass is 282 g/mol. The minimum Gasteiger partial charge on any atom is -0.469 e. The molecule has 7 heteroatoms. The molecule has 0 aliphatic heterocycles. The lowest BCUT2D eigenvalue weighted by molar-refractivity contribution is -0.289. The second kappa shape index (κ2) is 5.54. The molecule has 0 N–H and O–H groups in total. The van der Waals surface area contributed by atoms with E-state index < -0.39 is 23.6 Å². The summed E-state index contributed by atoms with van der Waals surface area (Å²) in [5, 5.41) is 0. The normalized spacial score (nSPS) is 12.3. The van der Waals surface area contributed by atoms with Gasteiger partial charge < -0.3 is 4.74 Å². The van der Waals surface area contributed by atoms with Crippen molar-refractivity contribution in [1.82, 2.24) is 0 Å². The van der Waals surface area contributed by atoms with Crippen molar-refractivity contribution in [2.45, 2.75) is 24.9 Å². The highest BCUT2D eigenvalue weighted by Crippen LogP contribution is 2.45. The van der Waals surface area contributed by atoms with E-state index in [1.807, 2.05) is 0 Å². The summed E-state index contributed by atoms with van der Waals surface area (Å²) in [7, 11) is 1.11. The first-order chi connectivity index (χ1) is 8.70. The molecule has 0 spiro atoms. The van der Waals surface area contributed by atoms with E-state index in [-0.39, 0.29) is 18.4 Å². The molecule has 1 aromatic carbocycles. The van der Waals surface area contributed by atoms with Crippen LogP contribution in [-0.4, -0.2) is 19.3 Å². The van der Waals surface area contributed by atoms with E-state index in [0.29, 0.717) is 6.07 Å². The van der Waals surface area contributed by atoms with Gasteiger partial charge in [-0.15, -0.1) is 0 Å². The Morgan fingerprint density at radius 1 is 1.16 bits per heavy atom. The quantitative estimate of drug-likeness (QED) is 0.624. The molecule has 0 fully saturated rings. The largest absolute Gasteiger partial charge is 0.469 e. The lowest BCUT2D eigenvalue weighted by Crippen LogP contribution is -2.34. The van der Waals surface area contributed by atoms with Gasteiger partial charge in [-0.05, 0) is 12.0 Å². The van der Waals surface area contributed by atoms with Gasteiger partial charge in [0.15, 0.2) is 0 Å². The molecule has 0 saturated heterocycles. The fraction of sp³-hybridized carbons (Fsp3) is 0.417. The van der Waals surface area contributed by atoms with Crippen molar-refractivity contribution in [3.63, 3.8) is 0 Å². The van der Waals surface area contributed by atoms with Gasteiger partial charge in [0.1, 0.15) is 0 Å². The smallest absolute Gasteiger partial charge is 0.458 e. The van der Waals surface area contributed by atoms with Gasteiger partial charge in [-0.2, -0.15) is 22.0 Å². The van der Waals surface area contributed by atoms with Crippen LogP contribution in [0.3, 0.4) is 0 Å². The zero-order valence-corrected chi connectivity index (χ0v) is 9.93. The average molecular weight is 282 g/mol. The first-order valence-corrected chi connectivity index (χ1v) is 5.30. The number of ether oxygens (including phenoxy) is 1. The number of benzene rings is 1. The maximum absolute atomic E-state index is 13.3. The molecule has 0 atom stereocenters. The molecule has 0 aliphatic carbocycles. The molecular formula is C12H11F5O2. The number of methoxy groups -OCH3 is 1. The molecule has 0 bridgehead atoms. The molecule has 0 radical (unpaired) electrons. The van der Waals surface area contributed by atoms with Crippen LogP contribution in [0, 0.1) is 0 Å². The predicted octanol–water partition coefficient (Wildman–Crippen LogP) is 3.45. The Hall–Kier alpha value is -1.66. The zero-order chi connectivity index (χ0) is 14.7. The zero-order valence-electron chi connectivity index (χ0n) is 9.93. The van der Waals surface area contributed by atoms with Gasteiger partial charge in [0.25, 0.3) is 0 Å². The Labute approximate surface area is 106 Å². The fourth-order valence-corrected chi connectivity index (χ4v) is 1.54. The predicted molar refractivity (Wildman–Crippen MR) is 56.7 cm³/mol. The lowest BCUT2D eigenvalue weighted by Gasteiger charge is -2.22. The van der Waals surface area contributed by atoms with Crippen molar-refractivity contribution in [2.24, 2.45) is 0 Å². The maximum Gasteiger partial charge on any atom is 0.458 e. The third kappa shape index (κ3) is 3.42. The summed E-state index contributed by atoms with van der Waals surface area (Å²) in [5.74, 6) is -5.62.